The normalized spacial score (nSPS) is 16.4. The number of aryl methyl sites for hydroxylation is 1. The van der Waals surface area contributed by atoms with Gasteiger partial charge in [-0.15, -0.1) is 0 Å². The molecule has 0 spiro atoms. The van der Waals surface area contributed by atoms with Gasteiger partial charge in [-0.25, -0.2) is 0 Å². The number of hydrogen-bond acceptors (Lipinski definition) is 3. The minimum atomic E-state index is -0.403. The van der Waals surface area contributed by atoms with E-state index in [0.717, 1.165) is 49.0 Å². The SMILES string of the molecule is COc1ccc(C2(C(=O)NCCc3cnn(C)c3)CCCCC2)cc1. The monoisotopic (exact) mass is 341 g/mol. The molecule has 1 heterocycles. The minimum absolute atomic E-state index is 0.154. The lowest BCUT2D eigenvalue weighted by Gasteiger charge is -2.36. The number of hydrogen-bond donors (Lipinski definition) is 1. The molecule has 1 aliphatic carbocycles. The number of rotatable bonds is 6. The van der Waals surface area contributed by atoms with Gasteiger partial charge >= 0.3 is 0 Å². The summed E-state index contributed by atoms with van der Waals surface area (Å²) in [5, 5.41) is 7.34. The van der Waals surface area contributed by atoms with Crippen molar-refractivity contribution in [1.29, 1.82) is 0 Å². The van der Waals surface area contributed by atoms with Crippen LogP contribution in [0.25, 0.3) is 0 Å². The number of carbonyl (C=O) groups is 1. The van der Waals surface area contributed by atoms with E-state index < -0.39 is 5.41 Å². The third kappa shape index (κ3) is 3.86. The number of aromatic nitrogens is 2. The van der Waals surface area contributed by atoms with Crippen molar-refractivity contribution in [2.75, 3.05) is 13.7 Å². The highest BCUT2D eigenvalue weighted by Crippen LogP contribution is 2.40. The van der Waals surface area contributed by atoms with Crippen molar-refractivity contribution in [3.8, 4) is 5.75 Å². The van der Waals surface area contributed by atoms with Crippen LogP contribution in [0.15, 0.2) is 36.7 Å². The van der Waals surface area contributed by atoms with Gasteiger partial charge in [0.1, 0.15) is 5.75 Å². The number of carbonyl (C=O) groups excluding carboxylic acids is 1. The lowest BCUT2D eigenvalue weighted by Crippen LogP contribution is -2.46. The molecule has 134 valence electrons. The molecule has 0 saturated heterocycles. The molecule has 1 aromatic carbocycles. The molecule has 5 heteroatoms. The first-order valence-corrected chi connectivity index (χ1v) is 9.04. The predicted molar refractivity (Wildman–Crippen MR) is 97.7 cm³/mol. The first kappa shape index (κ1) is 17.5. The van der Waals surface area contributed by atoms with Crippen molar-refractivity contribution in [3.63, 3.8) is 0 Å². The number of benzene rings is 1. The third-order valence-electron chi connectivity index (χ3n) is 5.24. The summed E-state index contributed by atoms with van der Waals surface area (Å²) in [7, 11) is 3.57. The van der Waals surface area contributed by atoms with Gasteiger partial charge in [0, 0.05) is 19.8 Å². The standard InChI is InChI=1S/C20H27N3O2/c1-23-15-16(14-22-23)10-13-21-19(24)20(11-4-3-5-12-20)17-6-8-18(25-2)9-7-17/h6-9,14-15H,3-5,10-13H2,1-2H3,(H,21,24). The fourth-order valence-electron chi connectivity index (χ4n) is 3.80. The largest absolute Gasteiger partial charge is 0.497 e. The van der Waals surface area contributed by atoms with Crippen LogP contribution in [-0.4, -0.2) is 29.3 Å². The lowest BCUT2D eigenvalue weighted by molar-refractivity contribution is -0.128. The Morgan fingerprint density at radius 1 is 1.24 bits per heavy atom. The van der Waals surface area contributed by atoms with Crippen molar-refractivity contribution in [2.45, 2.75) is 43.9 Å². The molecule has 1 N–H and O–H groups in total. The van der Waals surface area contributed by atoms with E-state index in [9.17, 15) is 4.79 Å². The van der Waals surface area contributed by atoms with E-state index >= 15 is 0 Å². The summed E-state index contributed by atoms with van der Waals surface area (Å²) >= 11 is 0. The highest BCUT2D eigenvalue weighted by molar-refractivity contribution is 5.88. The summed E-state index contributed by atoms with van der Waals surface area (Å²) in [5.41, 5.74) is 1.84. The van der Waals surface area contributed by atoms with Crippen LogP contribution >= 0.6 is 0 Å². The van der Waals surface area contributed by atoms with Crippen molar-refractivity contribution in [1.82, 2.24) is 15.1 Å². The Morgan fingerprint density at radius 3 is 2.56 bits per heavy atom. The molecule has 5 nitrogen and oxygen atoms in total. The van der Waals surface area contributed by atoms with Gasteiger partial charge in [-0.05, 0) is 42.5 Å². The molecule has 1 aliphatic rings. The Labute approximate surface area is 149 Å². The van der Waals surface area contributed by atoms with Crippen LogP contribution in [0, 0.1) is 0 Å². The second kappa shape index (κ2) is 7.72. The summed E-state index contributed by atoms with van der Waals surface area (Å²) in [4.78, 5) is 13.1. The summed E-state index contributed by atoms with van der Waals surface area (Å²) in [5.74, 6) is 0.980. The van der Waals surface area contributed by atoms with Crippen molar-refractivity contribution < 1.29 is 9.53 Å². The van der Waals surface area contributed by atoms with Gasteiger partial charge < -0.3 is 10.1 Å². The molecule has 2 aromatic rings. The predicted octanol–water partition coefficient (Wildman–Crippen LogP) is 2.99. The molecule has 0 atom stereocenters. The summed E-state index contributed by atoms with van der Waals surface area (Å²) in [6, 6.07) is 8.00. The van der Waals surface area contributed by atoms with E-state index in [-0.39, 0.29) is 5.91 Å². The summed E-state index contributed by atoms with van der Waals surface area (Å²) in [6.45, 7) is 0.641. The van der Waals surface area contributed by atoms with Gasteiger partial charge in [-0.1, -0.05) is 31.4 Å². The van der Waals surface area contributed by atoms with Crippen LogP contribution in [0.2, 0.25) is 0 Å². The van der Waals surface area contributed by atoms with Crippen molar-refractivity contribution in [3.05, 3.63) is 47.8 Å². The Balaban J connectivity index is 1.71. The second-order valence-electron chi connectivity index (χ2n) is 6.90. The number of amides is 1. The smallest absolute Gasteiger partial charge is 0.230 e. The zero-order valence-electron chi connectivity index (χ0n) is 15.1. The first-order valence-electron chi connectivity index (χ1n) is 9.04. The van der Waals surface area contributed by atoms with E-state index in [4.69, 9.17) is 4.74 Å². The Hall–Kier alpha value is -2.30. The topological polar surface area (TPSA) is 56.1 Å². The summed E-state index contributed by atoms with van der Waals surface area (Å²) in [6.07, 6.45) is 9.89. The average Bonchev–Trinajstić information content (AvgIpc) is 3.07. The van der Waals surface area contributed by atoms with Crippen molar-refractivity contribution in [2.24, 2.45) is 7.05 Å². The maximum Gasteiger partial charge on any atom is 0.230 e. The third-order valence-corrected chi connectivity index (χ3v) is 5.24. The molecule has 1 saturated carbocycles. The maximum absolute atomic E-state index is 13.1. The zero-order chi connectivity index (χ0) is 17.7. The molecule has 0 radical (unpaired) electrons. The van der Waals surface area contributed by atoms with E-state index in [2.05, 4.69) is 10.4 Å². The average molecular weight is 341 g/mol. The number of nitrogens with one attached hydrogen (secondary N) is 1. The van der Waals surface area contributed by atoms with E-state index in [1.807, 2.05) is 43.7 Å². The van der Waals surface area contributed by atoms with Gasteiger partial charge in [0.25, 0.3) is 0 Å². The van der Waals surface area contributed by atoms with Gasteiger partial charge in [0.15, 0.2) is 0 Å². The Bertz CT molecular complexity index is 700. The van der Waals surface area contributed by atoms with Crippen LogP contribution in [0.1, 0.15) is 43.2 Å². The molecular formula is C20H27N3O2. The van der Waals surface area contributed by atoms with Gasteiger partial charge in [-0.2, -0.15) is 5.10 Å². The molecule has 0 bridgehead atoms. The van der Waals surface area contributed by atoms with E-state index in [1.165, 1.54) is 6.42 Å². The molecule has 1 aromatic heterocycles. The number of nitrogens with zero attached hydrogens (tertiary/aromatic N) is 2. The van der Waals surface area contributed by atoms with E-state index in [1.54, 1.807) is 11.8 Å². The van der Waals surface area contributed by atoms with Crippen LogP contribution in [0.3, 0.4) is 0 Å². The molecule has 25 heavy (non-hydrogen) atoms. The minimum Gasteiger partial charge on any atom is -0.497 e. The fourth-order valence-corrected chi connectivity index (χ4v) is 3.80. The van der Waals surface area contributed by atoms with Gasteiger partial charge in [-0.3, -0.25) is 9.48 Å². The van der Waals surface area contributed by atoms with E-state index in [0.29, 0.717) is 6.54 Å². The Morgan fingerprint density at radius 2 is 1.96 bits per heavy atom. The number of ether oxygens (including phenoxy) is 1. The molecular weight excluding hydrogens is 314 g/mol. The molecule has 1 fully saturated rings. The molecule has 1 amide bonds. The summed E-state index contributed by atoms with van der Waals surface area (Å²) < 4.78 is 7.05. The second-order valence-corrected chi connectivity index (χ2v) is 6.90. The fraction of sp³-hybridized carbons (Fsp3) is 0.500. The van der Waals surface area contributed by atoms with Crippen LogP contribution in [0.5, 0.6) is 5.75 Å². The lowest BCUT2D eigenvalue weighted by atomic mass is 9.68. The van der Waals surface area contributed by atoms with Gasteiger partial charge in [0.05, 0.1) is 18.7 Å². The molecule has 0 aliphatic heterocycles. The quantitative estimate of drug-likeness (QED) is 0.879. The van der Waals surface area contributed by atoms with Crippen LogP contribution in [0.4, 0.5) is 0 Å². The highest BCUT2D eigenvalue weighted by atomic mass is 16.5. The molecule has 3 rings (SSSR count). The first-order chi connectivity index (χ1) is 12.1. The maximum atomic E-state index is 13.1. The Kier molecular flexibility index (Phi) is 5.41. The van der Waals surface area contributed by atoms with Crippen LogP contribution in [-0.2, 0) is 23.7 Å². The van der Waals surface area contributed by atoms with Gasteiger partial charge in [0.2, 0.25) is 5.91 Å². The zero-order valence-corrected chi connectivity index (χ0v) is 15.1. The highest BCUT2D eigenvalue weighted by Gasteiger charge is 2.40. The van der Waals surface area contributed by atoms with Crippen LogP contribution < -0.4 is 10.1 Å². The number of methoxy groups -OCH3 is 1. The van der Waals surface area contributed by atoms with Crippen molar-refractivity contribution >= 4 is 5.91 Å². The molecule has 0 unspecified atom stereocenters.